The summed E-state index contributed by atoms with van der Waals surface area (Å²) in [6, 6.07) is 19.1. The third-order valence-corrected chi connectivity index (χ3v) is 4.00. The number of hydrogen-bond acceptors (Lipinski definition) is 7. The van der Waals surface area contributed by atoms with Gasteiger partial charge in [0.25, 0.3) is 5.89 Å². The molecule has 7 nitrogen and oxygen atoms in total. The molecule has 0 aliphatic heterocycles. The van der Waals surface area contributed by atoms with Gasteiger partial charge in [-0.3, -0.25) is 4.79 Å². The number of carbonyl (C=O) groups excluding carboxylic acids is 1. The summed E-state index contributed by atoms with van der Waals surface area (Å²) in [6.07, 6.45) is 2.15. The second kappa shape index (κ2) is 8.30. The van der Waals surface area contributed by atoms with Crippen LogP contribution in [0.3, 0.4) is 0 Å². The molecule has 0 aliphatic rings. The summed E-state index contributed by atoms with van der Waals surface area (Å²) in [5.41, 5.74) is 1.75. The molecule has 28 heavy (non-hydrogen) atoms. The lowest BCUT2D eigenvalue weighted by Gasteiger charge is -2.00. The monoisotopic (exact) mass is 375 g/mol. The zero-order chi connectivity index (χ0) is 19.2. The Labute approximate surface area is 161 Å². The van der Waals surface area contributed by atoms with Crippen molar-refractivity contribution in [1.82, 2.24) is 15.2 Å². The zero-order valence-electron chi connectivity index (χ0n) is 14.9. The molecule has 0 amide bonds. The Morgan fingerprint density at radius 3 is 2.32 bits per heavy atom. The number of hydrogen-bond donors (Lipinski definition) is 0. The first-order valence-corrected chi connectivity index (χ1v) is 8.81. The van der Waals surface area contributed by atoms with Crippen LogP contribution in [0.2, 0.25) is 0 Å². The molecular weight excluding hydrogens is 358 g/mol. The van der Waals surface area contributed by atoms with Crippen molar-refractivity contribution in [3.63, 3.8) is 0 Å². The first-order chi connectivity index (χ1) is 13.8. The maximum absolute atomic E-state index is 12.0. The normalized spacial score (nSPS) is 10.7. The van der Waals surface area contributed by atoms with E-state index in [-0.39, 0.29) is 24.9 Å². The van der Waals surface area contributed by atoms with Crippen LogP contribution in [0.4, 0.5) is 0 Å². The van der Waals surface area contributed by atoms with Gasteiger partial charge in [-0.05, 0) is 12.1 Å². The summed E-state index contributed by atoms with van der Waals surface area (Å²) in [5.74, 6) is 1.40. The molecule has 0 aliphatic carbocycles. The number of benzene rings is 2. The van der Waals surface area contributed by atoms with Gasteiger partial charge in [-0.2, -0.15) is 0 Å². The van der Waals surface area contributed by atoms with Crippen molar-refractivity contribution < 1.29 is 18.4 Å². The van der Waals surface area contributed by atoms with Crippen molar-refractivity contribution in [3.05, 3.63) is 78.6 Å². The van der Waals surface area contributed by atoms with Gasteiger partial charge in [0.15, 0.2) is 18.3 Å². The number of carbonyl (C=O) groups is 1. The molecule has 0 spiro atoms. The molecule has 0 unspecified atom stereocenters. The van der Waals surface area contributed by atoms with Crippen LogP contribution in [0, 0.1) is 0 Å². The summed E-state index contributed by atoms with van der Waals surface area (Å²) >= 11 is 0. The Hall–Kier alpha value is -3.74. The van der Waals surface area contributed by atoms with Gasteiger partial charge in [0.2, 0.25) is 5.89 Å². The van der Waals surface area contributed by atoms with Gasteiger partial charge in [0.1, 0.15) is 0 Å². The molecule has 0 fully saturated rings. The Bertz CT molecular complexity index is 958. The summed E-state index contributed by atoms with van der Waals surface area (Å²) in [4.78, 5) is 16.2. The van der Waals surface area contributed by atoms with E-state index in [0.29, 0.717) is 24.0 Å². The Morgan fingerprint density at radius 2 is 1.57 bits per heavy atom. The number of oxazole rings is 1. The fourth-order valence-electron chi connectivity index (χ4n) is 2.59. The first-order valence-electron chi connectivity index (χ1n) is 8.81. The number of esters is 1. The average molecular weight is 375 g/mol. The predicted molar refractivity (Wildman–Crippen MR) is 99.8 cm³/mol. The smallest absolute Gasteiger partial charge is 0.306 e. The van der Waals surface area contributed by atoms with E-state index in [0.717, 1.165) is 11.1 Å². The van der Waals surface area contributed by atoms with E-state index in [1.807, 2.05) is 60.7 Å². The molecule has 7 heteroatoms. The third kappa shape index (κ3) is 4.32. The average Bonchev–Trinajstić information content (AvgIpc) is 3.42. The minimum absolute atomic E-state index is 0.0699. The quantitative estimate of drug-likeness (QED) is 0.450. The van der Waals surface area contributed by atoms with Crippen molar-refractivity contribution in [2.75, 3.05) is 0 Å². The molecule has 4 aromatic rings. The first kappa shape index (κ1) is 17.7. The van der Waals surface area contributed by atoms with Crippen molar-refractivity contribution in [3.8, 4) is 22.8 Å². The predicted octanol–water partition coefficient (Wildman–Crippen LogP) is 4.07. The van der Waals surface area contributed by atoms with Gasteiger partial charge in [-0.15, -0.1) is 10.2 Å². The highest BCUT2D eigenvalue weighted by molar-refractivity contribution is 5.69. The molecule has 0 saturated heterocycles. The number of nitrogens with zero attached hydrogens (tertiary/aromatic N) is 3. The molecule has 2 heterocycles. The fourth-order valence-corrected chi connectivity index (χ4v) is 2.59. The van der Waals surface area contributed by atoms with Crippen LogP contribution in [-0.4, -0.2) is 21.2 Å². The van der Waals surface area contributed by atoms with Crippen LogP contribution in [0.1, 0.15) is 18.2 Å². The fraction of sp³-hybridized carbons (Fsp3) is 0.143. The lowest BCUT2D eigenvalue weighted by atomic mass is 10.2. The Balaban J connectivity index is 1.26. The molecule has 140 valence electrons. The highest BCUT2D eigenvalue weighted by Gasteiger charge is 2.13. The second-order valence-electron chi connectivity index (χ2n) is 6.01. The molecule has 0 bridgehead atoms. The molecular formula is C21H17N3O4. The molecule has 0 saturated carbocycles. The summed E-state index contributed by atoms with van der Waals surface area (Å²) < 4.78 is 16.4. The van der Waals surface area contributed by atoms with Crippen LogP contribution in [-0.2, 0) is 22.6 Å². The summed E-state index contributed by atoms with van der Waals surface area (Å²) in [6.45, 7) is -0.0699. The topological polar surface area (TPSA) is 91.2 Å². The van der Waals surface area contributed by atoms with E-state index < -0.39 is 0 Å². The van der Waals surface area contributed by atoms with Crippen molar-refractivity contribution in [2.24, 2.45) is 0 Å². The van der Waals surface area contributed by atoms with Crippen molar-refractivity contribution in [1.29, 1.82) is 0 Å². The minimum Gasteiger partial charge on any atom is -0.456 e. The lowest BCUT2D eigenvalue weighted by Crippen LogP contribution is -2.06. The lowest BCUT2D eigenvalue weighted by molar-refractivity contribution is -0.145. The standard InChI is InChI=1S/C21H17N3O4/c25-20(12-11-18-22-13-17(27-18)15-7-3-1-4-8-15)26-14-19-23-24-21(28-19)16-9-5-2-6-10-16/h1-10,13H,11-12,14H2. The van der Waals surface area contributed by atoms with Crippen molar-refractivity contribution in [2.45, 2.75) is 19.4 Å². The maximum atomic E-state index is 12.0. The summed E-state index contributed by atoms with van der Waals surface area (Å²) in [7, 11) is 0. The van der Waals surface area contributed by atoms with Crippen LogP contribution >= 0.6 is 0 Å². The van der Waals surface area contributed by atoms with Crippen molar-refractivity contribution >= 4 is 5.97 Å². The van der Waals surface area contributed by atoms with Gasteiger partial charge < -0.3 is 13.6 Å². The molecule has 4 rings (SSSR count). The van der Waals surface area contributed by atoms with E-state index in [1.54, 1.807) is 6.20 Å². The zero-order valence-corrected chi connectivity index (χ0v) is 14.9. The number of aromatic nitrogens is 3. The van der Waals surface area contributed by atoms with Crippen LogP contribution in [0.5, 0.6) is 0 Å². The molecule has 0 atom stereocenters. The van der Waals surface area contributed by atoms with Gasteiger partial charge in [-0.25, -0.2) is 4.98 Å². The van der Waals surface area contributed by atoms with Gasteiger partial charge >= 0.3 is 5.97 Å². The minimum atomic E-state index is -0.390. The molecule has 2 aromatic carbocycles. The highest BCUT2D eigenvalue weighted by atomic mass is 16.5. The van der Waals surface area contributed by atoms with Crippen LogP contribution in [0.15, 0.2) is 75.7 Å². The largest absolute Gasteiger partial charge is 0.456 e. The van der Waals surface area contributed by atoms with Gasteiger partial charge in [-0.1, -0.05) is 48.5 Å². The molecule has 2 aromatic heterocycles. The third-order valence-electron chi connectivity index (χ3n) is 4.00. The molecule has 0 N–H and O–H groups in total. The summed E-state index contributed by atoms with van der Waals surface area (Å²) in [5, 5.41) is 7.85. The number of rotatable bonds is 7. The van der Waals surface area contributed by atoms with Gasteiger partial charge in [0.05, 0.1) is 12.6 Å². The van der Waals surface area contributed by atoms with E-state index in [1.165, 1.54) is 0 Å². The van der Waals surface area contributed by atoms with Crippen LogP contribution in [0.25, 0.3) is 22.8 Å². The Morgan fingerprint density at radius 1 is 0.857 bits per heavy atom. The second-order valence-corrected chi connectivity index (χ2v) is 6.01. The number of ether oxygens (including phenoxy) is 1. The van der Waals surface area contributed by atoms with E-state index in [9.17, 15) is 4.79 Å². The van der Waals surface area contributed by atoms with Crippen LogP contribution < -0.4 is 0 Å². The van der Waals surface area contributed by atoms with E-state index in [2.05, 4.69) is 15.2 Å². The maximum Gasteiger partial charge on any atom is 0.306 e. The van der Waals surface area contributed by atoms with Gasteiger partial charge in [0, 0.05) is 17.5 Å². The highest BCUT2D eigenvalue weighted by Crippen LogP contribution is 2.20. The van der Waals surface area contributed by atoms with E-state index >= 15 is 0 Å². The Kier molecular flexibility index (Phi) is 5.24. The molecule has 0 radical (unpaired) electrons. The van der Waals surface area contributed by atoms with E-state index in [4.69, 9.17) is 13.6 Å². The SMILES string of the molecule is O=C(CCc1ncc(-c2ccccc2)o1)OCc1nnc(-c2ccccc2)o1. The number of aryl methyl sites for hydroxylation is 1.